The van der Waals surface area contributed by atoms with E-state index in [1.165, 1.54) is 0 Å². The van der Waals surface area contributed by atoms with Crippen LogP contribution in [0.3, 0.4) is 0 Å². The number of nitrogens with one attached hydrogen (secondary N) is 1. The maximum atomic E-state index is 12.0. The van der Waals surface area contributed by atoms with Crippen molar-refractivity contribution in [2.45, 2.75) is 17.9 Å². The number of aryl methyl sites for hydroxylation is 1. The van der Waals surface area contributed by atoms with Crippen LogP contribution in [-0.4, -0.2) is 30.0 Å². The molecule has 0 saturated heterocycles. The lowest BCUT2D eigenvalue weighted by Crippen LogP contribution is -2.26. The Balaban J connectivity index is 1.90. The van der Waals surface area contributed by atoms with Gasteiger partial charge in [-0.3, -0.25) is 4.68 Å². The summed E-state index contributed by atoms with van der Waals surface area (Å²) in [6, 6.07) is 6.72. The Bertz CT molecular complexity index is 628. The van der Waals surface area contributed by atoms with Gasteiger partial charge < -0.3 is 0 Å². The molecule has 0 radical (unpaired) electrons. The molecule has 0 aliphatic heterocycles. The Kier molecular flexibility index (Phi) is 4.67. The molecule has 0 spiro atoms. The van der Waals surface area contributed by atoms with Crippen LogP contribution in [0.1, 0.15) is 6.42 Å². The highest BCUT2D eigenvalue weighted by atomic mass is 79.9. The molecule has 1 heterocycles. The first-order valence-corrected chi connectivity index (χ1v) is 7.95. The lowest BCUT2D eigenvalue weighted by Gasteiger charge is -2.08. The first kappa shape index (κ1) is 14.2. The molecule has 2 aromatic rings. The fourth-order valence-electron chi connectivity index (χ4n) is 1.54. The molecule has 1 aromatic heterocycles. The minimum absolute atomic E-state index is 0.246. The Morgan fingerprint density at radius 3 is 2.79 bits per heavy atom. The number of hydrogen-bond acceptors (Lipinski definition) is 4. The molecule has 0 aliphatic carbocycles. The zero-order valence-corrected chi connectivity index (χ0v) is 12.4. The maximum absolute atomic E-state index is 12.0. The standard InChI is InChI=1S/C11H13BrN4O2S/c12-10-4-1-2-5-11(10)19(17,18)14-6-3-8-16-9-7-13-15-16/h1-2,4-5,7,9,14H,3,6,8H2. The van der Waals surface area contributed by atoms with E-state index in [4.69, 9.17) is 0 Å². The molecule has 0 aliphatic rings. The second-order valence-corrected chi connectivity index (χ2v) is 6.44. The summed E-state index contributed by atoms with van der Waals surface area (Å²) in [6.45, 7) is 0.974. The van der Waals surface area contributed by atoms with Gasteiger partial charge in [-0.2, -0.15) is 0 Å². The molecule has 6 nitrogen and oxygen atoms in total. The zero-order chi connectivity index (χ0) is 13.7. The minimum atomic E-state index is -3.47. The molecule has 8 heteroatoms. The molecule has 0 bridgehead atoms. The summed E-state index contributed by atoms with van der Waals surface area (Å²) in [4.78, 5) is 0.246. The minimum Gasteiger partial charge on any atom is -0.253 e. The van der Waals surface area contributed by atoms with E-state index < -0.39 is 10.0 Å². The highest BCUT2D eigenvalue weighted by Crippen LogP contribution is 2.20. The molecular formula is C11H13BrN4O2S. The second-order valence-electron chi connectivity index (χ2n) is 3.85. The SMILES string of the molecule is O=S(=O)(NCCCn1ccnn1)c1ccccc1Br. The van der Waals surface area contributed by atoms with Gasteiger partial charge in [0.25, 0.3) is 0 Å². The first-order valence-electron chi connectivity index (χ1n) is 5.68. The topological polar surface area (TPSA) is 76.9 Å². The molecule has 2 rings (SSSR count). The van der Waals surface area contributed by atoms with Crippen molar-refractivity contribution >= 4 is 26.0 Å². The number of sulfonamides is 1. The molecule has 0 unspecified atom stereocenters. The van der Waals surface area contributed by atoms with E-state index in [2.05, 4.69) is 31.0 Å². The average Bonchev–Trinajstić information content (AvgIpc) is 2.88. The van der Waals surface area contributed by atoms with E-state index in [-0.39, 0.29) is 4.90 Å². The van der Waals surface area contributed by atoms with Crippen molar-refractivity contribution in [1.82, 2.24) is 19.7 Å². The van der Waals surface area contributed by atoms with Gasteiger partial charge in [-0.1, -0.05) is 17.3 Å². The Morgan fingerprint density at radius 1 is 1.32 bits per heavy atom. The van der Waals surface area contributed by atoms with Crippen LogP contribution in [0.4, 0.5) is 0 Å². The van der Waals surface area contributed by atoms with E-state index in [1.807, 2.05) is 0 Å². The van der Waals surface area contributed by atoms with Crippen LogP contribution >= 0.6 is 15.9 Å². The number of aromatic nitrogens is 3. The average molecular weight is 345 g/mol. The van der Waals surface area contributed by atoms with Gasteiger partial charge in [-0.25, -0.2) is 13.1 Å². The van der Waals surface area contributed by atoms with Gasteiger partial charge in [0.2, 0.25) is 10.0 Å². The number of benzene rings is 1. The Labute approximate surface area is 120 Å². The van der Waals surface area contributed by atoms with Gasteiger partial charge in [0.05, 0.1) is 11.1 Å². The van der Waals surface area contributed by atoms with Gasteiger partial charge >= 0.3 is 0 Å². The fourth-order valence-corrected chi connectivity index (χ4v) is 3.62. The van der Waals surface area contributed by atoms with Crippen molar-refractivity contribution < 1.29 is 8.42 Å². The van der Waals surface area contributed by atoms with Crippen molar-refractivity contribution in [3.05, 3.63) is 41.1 Å². The molecule has 1 N–H and O–H groups in total. The van der Waals surface area contributed by atoms with Crippen molar-refractivity contribution in [1.29, 1.82) is 0 Å². The lowest BCUT2D eigenvalue weighted by atomic mass is 10.4. The van der Waals surface area contributed by atoms with Crippen LogP contribution in [0, 0.1) is 0 Å². The zero-order valence-electron chi connectivity index (χ0n) is 10.0. The van der Waals surface area contributed by atoms with Crippen LogP contribution in [0.5, 0.6) is 0 Å². The van der Waals surface area contributed by atoms with Gasteiger partial charge in [0, 0.05) is 23.8 Å². The molecule has 19 heavy (non-hydrogen) atoms. The van der Waals surface area contributed by atoms with Crippen LogP contribution < -0.4 is 4.72 Å². The molecule has 1 aromatic carbocycles. The number of halogens is 1. The predicted octanol–water partition coefficient (Wildman–Crippen LogP) is 1.41. The highest BCUT2D eigenvalue weighted by molar-refractivity contribution is 9.10. The van der Waals surface area contributed by atoms with E-state index in [0.29, 0.717) is 24.0 Å². The van der Waals surface area contributed by atoms with Crippen LogP contribution in [0.15, 0.2) is 46.0 Å². The summed E-state index contributed by atoms with van der Waals surface area (Å²) in [7, 11) is -3.47. The third-order valence-electron chi connectivity index (χ3n) is 2.45. The van der Waals surface area contributed by atoms with Gasteiger partial charge in [0.15, 0.2) is 0 Å². The van der Waals surface area contributed by atoms with E-state index >= 15 is 0 Å². The van der Waals surface area contributed by atoms with Crippen LogP contribution in [0.2, 0.25) is 0 Å². The summed E-state index contributed by atoms with van der Waals surface area (Å²) in [5, 5.41) is 7.48. The van der Waals surface area contributed by atoms with E-state index in [0.717, 1.165) is 0 Å². The lowest BCUT2D eigenvalue weighted by molar-refractivity contribution is 0.542. The second kappa shape index (κ2) is 6.27. The largest absolute Gasteiger partial charge is 0.253 e. The summed E-state index contributed by atoms with van der Waals surface area (Å²) in [5.74, 6) is 0. The smallest absolute Gasteiger partial charge is 0.241 e. The number of rotatable bonds is 6. The van der Waals surface area contributed by atoms with Gasteiger partial charge in [-0.05, 0) is 34.5 Å². The Morgan fingerprint density at radius 2 is 2.11 bits per heavy atom. The van der Waals surface area contributed by atoms with Crippen molar-refractivity contribution in [3.63, 3.8) is 0 Å². The van der Waals surface area contributed by atoms with Gasteiger partial charge in [0.1, 0.15) is 0 Å². The van der Waals surface area contributed by atoms with Gasteiger partial charge in [-0.15, -0.1) is 5.10 Å². The van der Waals surface area contributed by atoms with Crippen molar-refractivity contribution in [3.8, 4) is 0 Å². The predicted molar refractivity (Wildman–Crippen MR) is 74.0 cm³/mol. The summed E-state index contributed by atoms with van der Waals surface area (Å²) in [5.41, 5.74) is 0. The third kappa shape index (κ3) is 3.85. The van der Waals surface area contributed by atoms with E-state index in [9.17, 15) is 8.42 Å². The van der Waals surface area contributed by atoms with Crippen LogP contribution in [0.25, 0.3) is 0 Å². The maximum Gasteiger partial charge on any atom is 0.241 e. The Hall–Kier alpha value is -1.25. The monoisotopic (exact) mass is 344 g/mol. The molecule has 0 saturated carbocycles. The number of nitrogens with zero attached hydrogens (tertiary/aromatic N) is 3. The summed E-state index contributed by atoms with van der Waals surface area (Å²) >= 11 is 3.23. The molecule has 102 valence electrons. The quantitative estimate of drug-likeness (QED) is 0.803. The summed E-state index contributed by atoms with van der Waals surface area (Å²) < 4.78 is 28.9. The van der Waals surface area contributed by atoms with Crippen molar-refractivity contribution in [2.75, 3.05) is 6.54 Å². The number of hydrogen-bond donors (Lipinski definition) is 1. The van der Waals surface area contributed by atoms with Crippen molar-refractivity contribution in [2.24, 2.45) is 0 Å². The first-order chi connectivity index (χ1) is 9.09. The normalized spacial score (nSPS) is 11.6. The summed E-state index contributed by atoms with van der Waals surface area (Å²) in [6.07, 6.45) is 3.97. The fraction of sp³-hybridized carbons (Fsp3) is 0.273. The molecular weight excluding hydrogens is 332 g/mol. The molecule has 0 fully saturated rings. The van der Waals surface area contributed by atoms with Crippen LogP contribution in [-0.2, 0) is 16.6 Å². The molecule has 0 amide bonds. The highest BCUT2D eigenvalue weighted by Gasteiger charge is 2.15. The third-order valence-corrected chi connectivity index (χ3v) is 4.93. The molecule has 0 atom stereocenters. The van der Waals surface area contributed by atoms with E-state index in [1.54, 1.807) is 41.3 Å².